The molecular formula is C15H10N2O4S. The summed E-state index contributed by atoms with van der Waals surface area (Å²) in [6, 6.07) is 16.7. The Labute approximate surface area is 127 Å². The number of benzene rings is 2. The molecule has 0 N–H and O–H groups in total. The standard InChI is InChI=1S/C15H10N2O4S/c16-11-14(15(18)12-7-3-1-4-8-12)17-21-22(19,20)13-9-5-2-6-10-13/h1-10H/b17-14+. The number of nitriles is 1. The van der Waals surface area contributed by atoms with Gasteiger partial charge in [0.2, 0.25) is 11.5 Å². The summed E-state index contributed by atoms with van der Waals surface area (Å²) in [6.07, 6.45) is 0. The zero-order valence-electron chi connectivity index (χ0n) is 11.2. The van der Waals surface area contributed by atoms with E-state index in [0.717, 1.165) is 0 Å². The van der Waals surface area contributed by atoms with Crippen LogP contribution in [0.15, 0.2) is 70.7 Å². The summed E-state index contributed by atoms with van der Waals surface area (Å²) >= 11 is 0. The Balaban J connectivity index is 2.24. The van der Waals surface area contributed by atoms with Crippen LogP contribution in [0.3, 0.4) is 0 Å². The summed E-state index contributed by atoms with van der Waals surface area (Å²) in [5, 5.41) is 12.1. The minimum absolute atomic E-state index is 0.122. The molecule has 0 radical (unpaired) electrons. The van der Waals surface area contributed by atoms with Crippen LogP contribution >= 0.6 is 0 Å². The molecule has 0 bridgehead atoms. The number of oxime groups is 1. The van der Waals surface area contributed by atoms with Gasteiger partial charge in [0.1, 0.15) is 11.0 Å². The number of hydrogen-bond donors (Lipinski definition) is 0. The monoisotopic (exact) mass is 314 g/mol. The van der Waals surface area contributed by atoms with E-state index in [2.05, 4.69) is 9.44 Å². The van der Waals surface area contributed by atoms with E-state index in [1.807, 2.05) is 0 Å². The summed E-state index contributed by atoms with van der Waals surface area (Å²) in [7, 11) is -4.17. The first-order valence-electron chi connectivity index (χ1n) is 6.11. The Morgan fingerprint density at radius 1 is 1.00 bits per heavy atom. The van der Waals surface area contributed by atoms with Gasteiger partial charge in [-0.15, -0.1) is 0 Å². The molecule has 0 aliphatic rings. The Bertz CT molecular complexity index is 838. The Kier molecular flexibility index (Phi) is 4.66. The van der Waals surface area contributed by atoms with E-state index in [-0.39, 0.29) is 10.5 Å². The molecule has 0 amide bonds. The van der Waals surface area contributed by atoms with Gasteiger partial charge < -0.3 is 0 Å². The van der Waals surface area contributed by atoms with E-state index in [4.69, 9.17) is 5.26 Å². The minimum Gasteiger partial charge on any atom is -0.286 e. The topological polar surface area (TPSA) is 96.6 Å². The second kappa shape index (κ2) is 6.65. The van der Waals surface area contributed by atoms with Crippen molar-refractivity contribution in [2.24, 2.45) is 5.16 Å². The van der Waals surface area contributed by atoms with Crippen molar-refractivity contribution in [2.45, 2.75) is 4.90 Å². The molecule has 2 aromatic carbocycles. The molecule has 0 aliphatic carbocycles. The highest BCUT2D eigenvalue weighted by atomic mass is 32.2. The second-order valence-electron chi connectivity index (χ2n) is 4.09. The number of ketones is 1. The molecule has 0 saturated heterocycles. The molecule has 2 aromatic rings. The largest absolute Gasteiger partial charge is 0.358 e. The Hall–Kier alpha value is -2.98. The van der Waals surface area contributed by atoms with Gasteiger partial charge in [-0.2, -0.15) is 13.7 Å². The van der Waals surface area contributed by atoms with Crippen LogP contribution < -0.4 is 0 Å². The molecule has 0 aromatic heterocycles. The molecule has 0 fully saturated rings. The fourth-order valence-electron chi connectivity index (χ4n) is 1.56. The van der Waals surface area contributed by atoms with Gasteiger partial charge in [-0.1, -0.05) is 48.5 Å². The smallest absolute Gasteiger partial charge is 0.286 e. The quantitative estimate of drug-likeness (QED) is 0.478. The Morgan fingerprint density at radius 3 is 2.09 bits per heavy atom. The number of rotatable bonds is 5. The van der Waals surface area contributed by atoms with Crippen molar-refractivity contribution < 1.29 is 17.5 Å². The average molecular weight is 314 g/mol. The molecule has 0 spiro atoms. The lowest BCUT2D eigenvalue weighted by atomic mass is 10.1. The van der Waals surface area contributed by atoms with E-state index in [9.17, 15) is 13.2 Å². The number of Topliss-reactive ketones (excluding diaryl/α,β-unsaturated/α-hetero) is 1. The third kappa shape index (κ3) is 3.56. The highest BCUT2D eigenvalue weighted by Gasteiger charge is 2.19. The first kappa shape index (κ1) is 15.4. The highest BCUT2D eigenvalue weighted by Crippen LogP contribution is 2.12. The lowest BCUT2D eigenvalue weighted by Crippen LogP contribution is -2.14. The number of nitrogens with zero attached hydrogens (tertiary/aromatic N) is 2. The van der Waals surface area contributed by atoms with Crippen molar-refractivity contribution in [3.05, 3.63) is 66.2 Å². The lowest BCUT2D eigenvalue weighted by Gasteiger charge is -2.01. The third-order valence-electron chi connectivity index (χ3n) is 2.62. The summed E-state index contributed by atoms with van der Waals surface area (Å²) in [4.78, 5) is 11.9. The van der Waals surface area contributed by atoms with Crippen molar-refractivity contribution in [3.63, 3.8) is 0 Å². The summed E-state index contributed by atoms with van der Waals surface area (Å²) in [5.74, 6) is -0.716. The van der Waals surface area contributed by atoms with Crippen molar-refractivity contribution in [1.29, 1.82) is 5.26 Å². The molecule has 0 aliphatic heterocycles. The second-order valence-corrected chi connectivity index (χ2v) is 5.62. The number of carbonyl (C=O) groups excluding carboxylic acids is 1. The predicted octanol–water partition coefficient (Wildman–Crippen LogP) is 2.15. The fourth-order valence-corrected chi connectivity index (χ4v) is 2.30. The number of hydrogen-bond acceptors (Lipinski definition) is 6. The van der Waals surface area contributed by atoms with Crippen molar-refractivity contribution in [3.8, 4) is 6.07 Å². The van der Waals surface area contributed by atoms with Crippen LogP contribution in [0.5, 0.6) is 0 Å². The van der Waals surface area contributed by atoms with Crippen LogP contribution in [0.4, 0.5) is 0 Å². The maximum absolute atomic E-state index is 12.0. The average Bonchev–Trinajstić information content (AvgIpc) is 2.57. The molecule has 0 heterocycles. The van der Waals surface area contributed by atoms with Crippen LogP contribution in [0.25, 0.3) is 0 Å². The van der Waals surface area contributed by atoms with Crippen molar-refractivity contribution >= 4 is 21.6 Å². The van der Waals surface area contributed by atoms with Gasteiger partial charge in [0.15, 0.2) is 0 Å². The summed E-state index contributed by atoms with van der Waals surface area (Å²) < 4.78 is 28.2. The van der Waals surface area contributed by atoms with Crippen LogP contribution in [-0.4, -0.2) is 19.9 Å². The molecule has 0 atom stereocenters. The van der Waals surface area contributed by atoms with E-state index in [0.29, 0.717) is 0 Å². The zero-order valence-corrected chi connectivity index (χ0v) is 12.0. The van der Waals surface area contributed by atoms with Gasteiger partial charge in [-0.05, 0) is 17.3 Å². The fraction of sp³-hybridized carbons (Fsp3) is 0. The maximum Gasteiger partial charge on any atom is 0.358 e. The van der Waals surface area contributed by atoms with E-state index >= 15 is 0 Å². The van der Waals surface area contributed by atoms with E-state index in [1.165, 1.54) is 42.5 Å². The van der Waals surface area contributed by atoms with Crippen LogP contribution in [0, 0.1) is 11.3 Å². The first-order chi connectivity index (χ1) is 10.5. The molecule has 22 heavy (non-hydrogen) atoms. The van der Waals surface area contributed by atoms with Crippen molar-refractivity contribution in [1.82, 2.24) is 0 Å². The van der Waals surface area contributed by atoms with Crippen LogP contribution in [0.1, 0.15) is 10.4 Å². The molecule has 2 rings (SSSR count). The van der Waals surface area contributed by atoms with Gasteiger partial charge in [0.05, 0.1) is 0 Å². The van der Waals surface area contributed by atoms with Crippen molar-refractivity contribution in [2.75, 3.05) is 0 Å². The highest BCUT2D eigenvalue weighted by molar-refractivity contribution is 7.86. The SMILES string of the molecule is N#C/C(=N\OS(=O)(=O)c1ccccc1)C(=O)c1ccccc1. The van der Waals surface area contributed by atoms with Gasteiger partial charge in [0, 0.05) is 5.56 Å². The predicted molar refractivity (Wildman–Crippen MR) is 78.5 cm³/mol. The molecule has 7 heteroatoms. The Morgan fingerprint density at radius 2 is 1.55 bits per heavy atom. The van der Waals surface area contributed by atoms with Gasteiger partial charge in [0.25, 0.3) is 0 Å². The van der Waals surface area contributed by atoms with Gasteiger partial charge in [-0.25, -0.2) is 0 Å². The molecular weight excluding hydrogens is 304 g/mol. The maximum atomic E-state index is 12.0. The number of carbonyl (C=O) groups is 1. The first-order valence-corrected chi connectivity index (χ1v) is 7.52. The van der Waals surface area contributed by atoms with E-state index in [1.54, 1.807) is 24.3 Å². The molecule has 110 valence electrons. The minimum atomic E-state index is -4.17. The third-order valence-corrected chi connectivity index (χ3v) is 3.74. The zero-order chi connectivity index (χ0) is 16.0. The van der Waals surface area contributed by atoms with Crippen LogP contribution in [-0.2, 0) is 14.4 Å². The summed E-state index contributed by atoms with van der Waals surface area (Å²) in [5.41, 5.74) is -0.436. The lowest BCUT2D eigenvalue weighted by molar-refractivity contribution is 0.106. The van der Waals surface area contributed by atoms with Gasteiger partial charge >= 0.3 is 10.1 Å². The molecule has 6 nitrogen and oxygen atoms in total. The van der Waals surface area contributed by atoms with Gasteiger partial charge in [-0.3, -0.25) is 9.08 Å². The normalized spacial score (nSPS) is 11.5. The summed E-state index contributed by atoms with van der Waals surface area (Å²) in [6.45, 7) is 0. The molecule has 0 unspecified atom stereocenters. The van der Waals surface area contributed by atoms with Crippen LogP contribution in [0.2, 0.25) is 0 Å². The molecule has 0 saturated carbocycles. The van der Waals surface area contributed by atoms with E-state index < -0.39 is 21.6 Å².